The average Bonchev–Trinajstić information content (AvgIpc) is 2.71. The van der Waals surface area contributed by atoms with Gasteiger partial charge in [0.15, 0.2) is 5.76 Å². The number of rotatable bonds is 3. The van der Waals surface area contributed by atoms with Gasteiger partial charge in [-0.15, -0.1) is 0 Å². The largest absolute Gasteiger partial charge is 0.475 e. The number of ketones is 1. The van der Waals surface area contributed by atoms with Crippen LogP contribution < -0.4 is 0 Å². The van der Waals surface area contributed by atoms with Gasteiger partial charge in [0.25, 0.3) is 0 Å². The third-order valence-corrected chi connectivity index (χ3v) is 2.34. The van der Waals surface area contributed by atoms with E-state index >= 15 is 0 Å². The van der Waals surface area contributed by atoms with Crippen molar-refractivity contribution in [3.8, 4) is 11.1 Å². The maximum absolute atomic E-state index is 11.5. The Hall–Kier alpha value is -2.36. The van der Waals surface area contributed by atoms with Crippen molar-refractivity contribution in [3.05, 3.63) is 47.9 Å². The summed E-state index contributed by atoms with van der Waals surface area (Å²) in [4.78, 5) is 22.1. The van der Waals surface area contributed by atoms with Crippen LogP contribution in [0.25, 0.3) is 11.1 Å². The zero-order chi connectivity index (χ0) is 12.4. The number of hydrogen-bond donors (Lipinski definition) is 1. The van der Waals surface area contributed by atoms with Gasteiger partial charge in [-0.1, -0.05) is 30.3 Å². The number of Topliss-reactive ketones (excluding diaryl/α,β-unsaturated/α-hetero) is 1. The minimum atomic E-state index is -1.52. The quantitative estimate of drug-likeness (QED) is 0.649. The summed E-state index contributed by atoms with van der Waals surface area (Å²) in [6.45, 7) is 1.67. The number of carbonyl (C=O) groups is 2. The SMILES string of the molecule is Cc1cc(-c2ccccc2)c(C(=O)C(=O)O)o1. The number of carbonyl (C=O) groups excluding carboxylic acids is 1. The fourth-order valence-corrected chi connectivity index (χ4v) is 1.61. The molecule has 86 valence electrons. The van der Waals surface area contributed by atoms with Crippen LogP contribution >= 0.6 is 0 Å². The average molecular weight is 230 g/mol. The standard InChI is InChI=1S/C13H10O4/c1-8-7-10(9-5-3-2-4-6-9)12(17-8)11(14)13(15)16/h2-7H,1H3,(H,15,16). The third kappa shape index (κ3) is 2.10. The van der Waals surface area contributed by atoms with E-state index in [9.17, 15) is 9.59 Å². The first-order chi connectivity index (χ1) is 8.09. The Morgan fingerprint density at radius 3 is 2.41 bits per heavy atom. The number of aryl methyl sites for hydroxylation is 1. The molecule has 2 aromatic rings. The van der Waals surface area contributed by atoms with Crippen molar-refractivity contribution in [1.82, 2.24) is 0 Å². The molecule has 1 N–H and O–H groups in total. The maximum atomic E-state index is 11.5. The Morgan fingerprint density at radius 2 is 1.82 bits per heavy atom. The van der Waals surface area contributed by atoms with Crippen LogP contribution in [-0.2, 0) is 4.79 Å². The van der Waals surface area contributed by atoms with E-state index in [0.717, 1.165) is 5.56 Å². The molecular formula is C13H10O4. The first-order valence-electron chi connectivity index (χ1n) is 5.03. The Bertz CT molecular complexity index is 566. The number of furan rings is 1. The van der Waals surface area contributed by atoms with E-state index in [-0.39, 0.29) is 5.76 Å². The highest BCUT2D eigenvalue weighted by Crippen LogP contribution is 2.27. The van der Waals surface area contributed by atoms with Crippen LogP contribution in [0.1, 0.15) is 16.3 Å². The Kier molecular flexibility index (Phi) is 2.78. The van der Waals surface area contributed by atoms with Gasteiger partial charge in [-0.3, -0.25) is 4.79 Å². The van der Waals surface area contributed by atoms with Gasteiger partial charge in [-0.2, -0.15) is 0 Å². The van der Waals surface area contributed by atoms with Crippen LogP contribution in [0.3, 0.4) is 0 Å². The smallest absolute Gasteiger partial charge is 0.380 e. The molecule has 0 fully saturated rings. The molecule has 0 saturated carbocycles. The van der Waals surface area contributed by atoms with Gasteiger partial charge in [0.05, 0.1) is 0 Å². The lowest BCUT2D eigenvalue weighted by molar-refractivity contribution is -0.131. The molecule has 0 unspecified atom stereocenters. The summed E-state index contributed by atoms with van der Waals surface area (Å²) < 4.78 is 5.16. The topological polar surface area (TPSA) is 67.5 Å². The normalized spacial score (nSPS) is 10.2. The highest BCUT2D eigenvalue weighted by Gasteiger charge is 2.23. The Labute approximate surface area is 97.5 Å². The van der Waals surface area contributed by atoms with E-state index in [1.165, 1.54) is 0 Å². The number of benzene rings is 1. The predicted molar refractivity (Wildman–Crippen MR) is 60.8 cm³/mol. The van der Waals surface area contributed by atoms with Gasteiger partial charge < -0.3 is 9.52 Å². The van der Waals surface area contributed by atoms with Gasteiger partial charge in [0.2, 0.25) is 0 Å². The lowest BCUT2D eigenvalue weighted by Gasteiger charge is -1.98. The zero-order valence-corrected chi connectivity index (χ0v) is 9.14. The van der Waals surface area contributed by atoms with Crippen LogP contribution in [0, 0.1) is 6.92 Å². The summed E-state index contributed by atoms with van der Waals surface area (Å²) in [5, 5.41) is 8.71. The molecule has 0 saturated heterocycles. The van der Waals surface area contributed by atoms with E-state index in [1.807, 2.05) is 18.2 Å². The highest BCUT2D eigenvalue weighted by atomic mass is 16.4. The van der Waals surface area contributed by atoms with Crippen molar-refractivity contribution in [3.63, 3.8) is 0 Å². The van der Waals surface area contributed by atoms with Crippen molar-refractivity contribution in [2.45, 2.75) is 6.92 Å². The fourth-order valence-electron chi connectivity index (χ4n) is 1.61. The summed E-state index contributed by atoms with van der Waals surface area (Å²) in [6.07, 6.45) is 0. The first kappa shape index (κ1) is 11.1. The van der Waals surface area contributed by atoms with Crippen molar-refractivity contribution in [1.29, 1.82) is 0 Å². The maximum Gasteiger partial charge on any atom is 0.380 e. The van der Waals surface area contributed by atoms with Crippen LogP contribution in [0.5, 0.6) is 0 Å². The van der Waals surface area contributed by atoms with Crippen LogP contribution in [0.4, 0.5) is 0 Å². The number of carboxylic acids is 1. The molecule has 17 heavy (non-hydrogen) atoms. The number of aliphatic carboxylic acids is 1. The lowest BCUT2D eigenvalue weighted by atomic mass is 10.0. The van der Waals surface area contributed by atoms with E-state index in [4.69, 9.17) is 9.52 Å². The summed E-state index contributed by atoms with van der Waals surface area (Å²) in [7, 11) is 0. The molecule has 2 rings (SSSR count). The van der Waals surface area contributed by atoms with E-state index in [1.54, 1.807) is 25.1 Å². The molecule has 1 aromatic carbocycles. The Balaban J connectivity index is 2.56. The van der Waals surface area contributed by atoms with Gasteiger partial charge in [-0.25, -0.2) is 4.79 Å². The van der Waals surface area contributed by atoms with Crippen LogP contribution in [0.2, 0.25) is 0 Å². The Morgan fingerprint density at radius 1 is 1.18 bits per heavy atom. The molecule has 0 aliphatic carbocycles. The van der Waals surface area contributed by atoms with Crippen molar-refractivity contribution < 1.29 is 19.1 Å². The second kappa shape index (κ2) is 4.25. The van der Waals surface area contributed by atoms with Crippen molar-refractivity contribution in [2.75, 3.05) is 0 Å². The minimum absolute atomic E-state index is 0.124. The molecule has 1 aromatic heterocycles. The van der Waals surface area contributed by atoms with Gasteiger partial charge in [0, 0.05) is 5.56 Å². The van der Waals surface area contributed by atoms with E-state index in [0.29, 0.717) is 11.3 Å². The number of hydrogen-bond acceptors (Lipinski definition) is 3. The number of carboxylic acid groups (broad SMARTS) is 1. The van der Waals surface area contributed by atoms with Gasteiger partial charge in [0.1, 0.15) is 5.76 Å². The first-order valence-corrected chi connectivity index (χ1v) is 5.03. The molecule has 4 nitrogen and oxygen atoms in total. The van der Waals surface area contributed by atoms with Crippen molar-refractivity contribution >= 4 is 11.8 Å². The summed E-state index contributed by atoms with van der Waals surface area (Å²) in [6, 6.07) is 10.7. The molecule has 0 spiro atoms. The lowest BCUT2D eigenvalue weighted by Crippen LogP contribution is -2.12. The van der Waals surface area contributed by atoms with Crippen LogP contribution in [-0.4, -0.2) is 16.9 Å². The summed E-state index contributed by atoms with van der Waals surface area (Å²) in [5.41, 5.74) is 1.27. The zero-order valence-electron chi connectivity index (χ0n) is 9.14. The summed E-state index contributed by atoms with van der Waals surface area (Å²) in [5.74, 6) is -2.16. The monoisotopic (exact) mass is 230 g/mol. The van der Waals surface area contributed by atoms with E-state index < -0.39 is 11.8 Å². The second-order valence-corrected chi connectivity index (χ2v) is 3.60. The van der Waals surface area contributed by atoms with Gasteiger partial charge >= 0.3 is 11.8 Å². The van der Waals surface area contributed by atoms with Crippen molar-refractivity contribution in [2.24, 2.45) is 0 Å². The van der Waals surface area contributed by atoms with Gasteiger partial charge in [-0.05, 0) is 18.6 Å². The highest BCUT2D eigenvalue weighted by molar-refractivity contribution is 6.40. The molecule has 0 radical (unpaired) electrons. The molecule has 4 heteroatoms. The predicted octanol–water partition coefficient (Wildman–Crippen LogP) is 2.52. The molecule has 0 amide bonds. The fraction of sp³-hybridized carbons (Fsp3) is 0.0769. The molecule has 0 bridgehead atoms. The second-order valence-electron chi connectivity index (χ2n) is 3.60. The molecule has 1 heterocycles. The summed E-state index contributed by atoms with van der Waals surface area (Å²) >= 11 is 0. The molecular weight excluding hydrogens is 220 g/mol. The molecule has 0 atom stereocenters. The minimum Gasteiger partial charge on any atom is -0.475 e. The third-order valence-electron chi connectivity index (χ3n) is 2.34. The molecule has 0 aliphatic heterocycles. The van der Waals surface area contributed by atoms with Crippen LogP contribution in [0.15, 0.2) is 40.8 Å². The van der Waals surface area contributed by atoms with E-state index in [2.05, 4.69) is 0 Å². The molecule has 0 aliphatic rings.